The molecule has 0 radical (unpaired) electrons. The third-order valence-corrected chi connectivity index (χ3v) is 4.47. The van der Waals surface area contributed by atoms with Crippen molar-refractivity contribution in [3.8, 4) is 0 Å². The number of ether oxygens (including phenoxy) is 1. The van der Waals surface area contributed by atoms with Gasteiger partial charge in [0, 0.05) is 6.04 Å². The predicted octanol–water partition coefficient (Wildman–Crippen LogP) is 3.03. The second-order valence-corrected chi connectivity index (χ2v) is 5.76. The molecule has 0 amide bonds. The summed E-state index contributed by atoms with van der Waals surface area (Å²) in [6, 6.07) is 0.512. The van der Waals surface area contributed by atoms with Crippen LogP contribution in [0.3, 0.4) is 0 Å². The Bertz CT molecular complexity index is 259. The molecule has 2 rings (SSSR count). The quantitative estimate of drug-likeness (QED) is 0.786. The van der Waals surface area contributed by atoms with Gasteiger partial charge in [0.1, 0.15) is 6.04 Å². The van der Waals surface area contributed by atoms with Gasteiger partial charge in [0.25, 0.3) is 0 Å². The van der Waals surface area contributed by atoms with Gasteiger partial charge >= 0.3 is 5.97 Å². The van der Waals surface area contributed by atoms with Crippen molar-refractivity contribution in [3.63, 3.8) is 0 Å². The molecule has 1 N–H and O–H groups in total. The molecule has 0 bridgehead atoms. The zero-order valence-corrected chi connectivity index (χ0v) is 11.6. The van der Waals surface area contributed by atoms with Gasteiger partial charge in [-0.15, -0.1) is 0 Å². The van der Waals surface area contributed by atoms with Crippen LogP contribution in [-0.4, -0.2) is 24.7 Å². The van der Waals surface area contributed by atoms with Crippen molar-refractivity contribution in [2.24, 2.45) is 5.92 Å². The topological polar surface area (TPSA) is 38.3 Å². The fourth-order valence-electron chi connectivity index (χ4n) is 3.46. The van der Waals surface area contributed by atoms with E-state index in [0.29, 0.717) is 12.6 Å². The molecule has 1 saturated carbocycles. The molecule has 0 aromatic heterocycles. The highest BCUT2D eigenvalue weighted by molar-refractivity contribution is 5.76. The van der Waals surface area contributed by atoms with E-state index < -0.39 is 0 Å². The van der Waals surface area contributed by atoms with Crippen molar-refractivity contribution in [1.29, 1.82) is 0 Å². The zero-order valence-electron chi connectivity index (χ0n) is 11.6. The molecule has 0 aromatic carbocycles. The zero-order chi connectivity index (χ0) is 12.8. The second kappa shape index (κ2) is 7.13. The van der Waals surface area contributed by atoms with Crippen LogP contribution in [0, 0.1) is 5.92 Å². The van der Waals surface area contributed by atoms with Crippen LogP contribution >= 0.6 is 0 Å². The second-order valence-electron chi connectivity index (χ2n) is 5.76. The molecule has 0 aromatic rings. The maximum absolute atomic E-state index is 11.7. The van der Waals surface area contributed by atoms with E-state index in [9.17, 15) is 4.79 Å². The molecule has 1 heterocycles. The monoisotopic (exact) mass is 253 g/mol. The smallest absolute Gasteiger partial charge is 0.323 e. The van der Waals surface area contributed by atoms with Crippen LogP contribution in [0.5, 0.6) is 0 Å². The number of rotatable bonds is 3. The lowest BCUT2D eigenvalue weighted by Gasteiger charge is -2.26. The van der Waals surface area contributed by atoms with Crippen molar-refractivity contribution in [2.45, 2.75) is 76.8 Å². The summed E-state index contributed by atoms with van der Waals surface area (Å²) >= 11 is 0. The fraction of sp³-hybridized carbons (Fsp3) is 0.933. The summed E-state index contributed by atoms with van der Waals surface area (Å²) in [5.74, 6) is 0.732. The molecular weight excluding hydrogens is 226 g/mol. The van der Waals surface area contributed by atoms with Gasteiger partial charge in [-0.05, 0) is 38.5 Å². The Morgan fingerprint density at radius 1 is 1.06 bits per heavy atom. The summed E-state index contributed by atoms with van der Waals surface area (Å²) < 4.78 is 5.10. The summed E-state index contributed by atoms with van der Waals surface area (Å²) in [6.07, 6.45) is 11.7. The van der Waals surface area contributed by atoms with E-state index >= 15 is 0 Å². The lowest BCUT2D eigenvalue weighted by molar-refractivity contribution is -0.145. The minimum Gasteiger partial charge on any atom is -0.465 e. The van der Waals surface area contributed by atoms with Gasteiger partial charge in [-0.2, -0.15) is 0 Å². The molecule has 1 aliphatic heterocycles. The number of nitrogens with one attached hydrogen (secondary N) is 1. The van der Waals surface area contributed by atoms with E-state index in [1.54, 1.807) is 0 Å². The minimum absolute atomic E-state index is 0.0413. The van der Waals surface area contributed by atoms with Crippen LogP contribution < -0.4 is 5.32 Å². The van der Waals surface area contributed by atoms with Crippen LogP contribution in [0.2, 0.25) is 0 Å². The highest BCUT2D eigenvalue weighted by Crippen LogP contribution is 2.30. The normalized spacial score (nSPS) is 30.7. The van der Waals surface area contributed by atoms with Crippen LogP contribution in [0.1, 0.15) is 64.7 Å². The third kappa shape index (κ3) is 3.71. The number of carbonyl (C=O) groups excluding carboxylic acids is 1. The van der Waals surface area contributed by atoms with Crippen LogP contribution in [0.25, 0.3) is 0 Å². The SMILES string of the molecule is CCOC(=O)C1CCC(C2CCCCCCC2)N1. The summed E-state index contributed by atoms with van der Waals surface area (Å²) in [5.41, 5.74) is 0. The largest absolute Gasteiger partial charge is 0.465 e. The average molecular weight is 253 g/mol. The Hall–Kier alpha value is -0.570. The van der Waals surface area contributed by atoms with Crippen molar-refractivity contribution in [1.82, 2.24) is 5.32 Å². The van der Waals surface area contributed by atoms with Gasteiger partial charge < -0.3 is 10.1 Å². The van der Waals surface area contributed by atoms with Gasteiger partial charge in [-0.25, -0.2) is 0 Å². The molecule has 1 saturated heterocycles. The molecule has 3 nitrogen and oxygen atoms in total. The Morgan fingerprint density at radius 2 is 1.72 bits per heavy atom. The molecule has 2 fully saturated rings. The molecule has 0 spiro atoms. The standard InChI is InChI=1S/C15H27NO2/c1-2-18-15(17)14-11-10-13(16-14)12-8-6-4-3-5-7-9-12/h12-14,16H,2-11H2,1H3. The van der Waals surface area contributed by atoms with Gasteiger partial charge in [0.2, 0.25) is 0 Å². The first-order chi connectivity index (χ1) is 8.81. The number of hydrogen-bond acceptors (Lipinski definition) is 3. The molecular formula is C15H27NO2. The van der Waals surface area contributed by atoms with Crippen LogP contribution in [-0.2, 0) is 9.53 Å². The Kier molecular flexibility index (Phi) is 5.48. The number of carbonyl (C=O) groups is 1. The summed E-state index contributed by atoms with van der Waals surface area (Å²) in [7, 11) is 0. The van der Waals surface area contributed by atoms with E-state index in [1.807, 2.05) is 6.92 Å². The van der Waals surface area contributed by atoms with Gasteiger partial charge in [-0.1, -0.05) is 32.1 Å². The molecule has 2 atom stereocenters. The molecule has 2 aliphatic rings. The fourth-order valence-corrected chi connectivity index (χ4v) is 3.46. The van der Waals surface area contributed by atoms with Crippen molar-refractivity contribution >= 4 is 5.97 Å². The van der Waals surface area contributed by atoms with Gasteiger partial charge in [0.15, 0.2) is 0 Å². The highest BCUT2D eigenvalue weighted by atomic mass is 16.5. The molecule has 18 heavy (non-hydrogen) atoms. The highest BCUT2D eigenvalue weighted by Gasteiger charge is 2.34. The number of esters is 1. The van der Waals surface area contributed by atoms with Crippen molar-refractivity contribution in [2.75, 3.05) is 6.61 Å². The Morgan fingerprint density at radius 3 is 2.39 bits per heavy atom. The molecule has 3 heteroatoms. The first-order valence-electron chi connectivity index (χ1n) is 7.74. The third-order valence-electron chi connectivity index (χ3n) is 4.47. The lowest BCUT2D eigenvalue weighted by atomic mass is 9.85. The predicted molar refractivity (Wildman–Crippen MR) is 72.4 cm³/mol. The maximum atomic E-state index is 11.7. The van der Waals surface area contributed by atoms with E-state index in [0.717, 1.165) is 18.8 Å². The first kappa shape index (κ1) is 13.9. The molecule has 1 aliphatic carbocycles. The van der Waals surface area contributed by atoms with Crippen LogP contribution in [0.4, 0.5) is 0 Å². The van der Waals surface area contributed by atoms with E-state index in [2.05, 4.69) is 5.32 Å². The van der Waals surface area contributed by atoms with E-state index in [1.165, 1.54) is 44.9 Å². The van der Waals surface area contributed by atoms with Crippen molar-refractivity contribution < 1.29 is 9.53 Å². The van der Waals surface area contributed by atoms with E-state index in [-0.39, 0.29) is 12.0 Å². The van der Waals surface area contributed by atoms with Crippen LogP contribution in [0.15, 0.2) is 0 Å². The Balaban J connectivity index is 1.81. The number of hydrogen-bond donors (Lipinski definition) is 1. The Labute approximate surface area is 111 Å². The molecule has 2 unspecified atom stereocenters. The van der Waals surface area contributed by atoms with Crippen molar-refractivity contribution in [3.05, 3.63) is 0 Å². The average Bonchev–Trinajstić information content (AvgIpc) is 2.78. The lowest BCUT2D eigenvalue weighted by Crippen LogP contribution is -2.40. The summed E-state index contributed by atoms with van der Waals surface area (Å²) in [5, 5.41) is 3.52. The summed E-state index contributed by atoms with van der Waals surface area (Å²) in [6.45, 7) is 2.37. The van der Waals surface area contributed by atoms with Gasteiger partial charge in [0.05, 0.1) is 6.61 Å². The van der Waals surface area contributed by atoms with Gasteiger partial charge in [-0.3, -0.25) is 4.79 Å². The minimum atomic E-state index is -0.0501. The first-order valence-corrected chi connectivity index (χ1v) is 7.74. The summed E-state index contributed by atoms with van der Waals surface area (Å²) in [4.78, 5) is 11.7. The molecule has 104 valence electrons. The maximum Gasteiger partial charge on any atom is 0.323 e. The van der Waals surface area contributed by atoms with E-state index in [4.69, 9.17) is 4.74 Å².